The van der Waals surface area contributed by atoms with E-state index in [1.807, 2.05) is 0 Å². The molecule has 0 atom stereocenters. The number of esters is 1. The third kappa shape index (κ3) is 3.23. The lowest BCUT2D eigenvalue weighted by atomic mass is 10.1. The maximum atomic E-state index is 12.6. The van der Waals surface area contributed by atoms with Crippen molar-refractivity contribution in [3.05, 3.63) is 53.6 Å². The lowest BCUT2D eigenvalue weighted by molar-refractivity contribution is -0.116. The van der Waals surface area contributed by atoms with Crippen LogP contribution in [0, 0.1) is 0 Å². The average molecular weight is 415 g/mol. The number of ether oxygens (including phenoxy) is 1. The average Bonchev–Trinajstić information content (AvgIpc) is 2.83. The summed E-state index contributed by atoms with van der Waals surface area (Å²) in [4.78, 5) is 23.0. The highest BCUT2D eigenvalue weighted by molar-refractivity contribution is 7.92. The summed E-state index contributed by atoms with van der Waals surface area (Å²) in [5.41, 5.74) is 1.04. The first-order chi connectivity index (χ1) is 12.1. The van der Waals surface area contributed by atoms with E-state index in [-0.39, 0.29) is 21.7 Å². The Balaban J connectivity index is 1.89. The number of amides is 1. The Bertz CT molecular complexity index is 1000. The number of nitrogens with one attached hydrogen (secondary N) is 2. The number of anilines is 2. The number of hydrogen-bond acceptors (Lipinski definition) is 5. The molecule has 2 N–H and O–H groups in total. The van der Waals surface area contributed by atoms with E-state index < -0.39 is 26.2 Å². The number of carbonyl (C=O) groups is 2. The standard InChI is InChI=1S/C16H12Cl2N2O5S/c1-25-14(21)9-2-4-10(5-3-9)20-26(23,24)11-6-7-13-12(8-11)16(17,18)15(22)19-13/h2-8,20H,1H3,(H,19,22). The Morgan fingerprint density at radius 3 is 2.42 bits per heavy atom. The predicted octanol–water partition coefficient (Wildman–Crippen LogP) is 2.86. The third-order valence-electron chi connectivity index (χ3n) is 3.73. The molecule has 3 rings (SSSR count). The maximum Gasteiger partial charge on any atom is 0.337 e. The molecule has 0 saturated heterocycles. The zero-order chi connectivity index (χ0) is 19.1. The minimum absolute atomic E-state index is 0.115. The number of methoxy groups -OCH3 is 1. The quantitative estimate of drug-likeness (QED) is 0.591. The van der Waals surface area contributed by atoms with Gasteiger partial charge < -0.3 is 10.1 Å². The van der Waals surface area contributed by atoms with E-state index in [1.165, 1.54) is 49.6 Å². The molecule has 0 fully saturated rings. The van der Waals surface area contributed by atoms with Gasteiger partial charge in [0.2, 0.25) is 4.33 Å². The molecule has 7 nitrogen and oxygen atoms in total. The number of fused-ring (bicyclic) bond motifs is 1. The van der Waals surface area contributed by atoms with Gasteiger partial charge in [0.15, 0.2) is 0 Å². The summed E-state index contributed by atoms with van der Waals surface area (Å²) in [6.07, 6.45) is 0. The van der Waals surface area contributed by atoms with Crippen LogP contribution in [-0.2, 0) is 23.9 Å². The van der Waals surface area contributed by atoms with Crippen LogP contribution >= 0.6 is 23.2 Å². The summed E-state index contributed by atoms with van der Waals surface area (Å²) in [6.45, 7) is 0. The number of benzene rings is 2. The fourth-order valence-electron chi connectivity index (χ4n) is 2.39. The molecule has 0 aliphatic carbocycles. The fraction of sp³-hybridized carbons (Fsp3) is 0.125. The molecule has 1 heterocycles. The Morgan fingerprint density at radius 1 is 1.15 bits per heavy atom. The molecule has 2 aromatic rings. The largest absolute Gasteiger partial charge is 0.465 e. The number of alkyl halides is 2. The van der Waals surface area contributed by atoms with Crippen molar-refractivity contribution in [2.24, 2.45) is 0 Å². The van der Waals surface area contributed by atoms with Gasteiger partial charge in [-0.15, -0.1) is 0 Å². The number of rotatable bonds is 4. The van der Waals surface area contributed by atoms with Gasteiger partial charge in [0.1, 0.15) is 0 Å². The molecule has 1 amide bonds. The summed E-state index contributed by atoms with van der Waals surface area (Å²) in [6, 6.07) is 9.67. The van der Waals surface area contributed by atoms with Gasteiger partial charge >= 0.3 is 5.97 Å². The monoisotopic (exact) mass is 414 g/mol. The molecule has 1 aliphatic rings. The number of sulfonamides is 1. The molecule has 1 aliphatic heterocycles. The Labute approximate surface area is 159 Å². The lowest BCUT2D eigenvalue weighted by Crippen LogP contribution is -2.21. The zero-order valence-electron chi connectivity index (χ0n) is 13.2. The molecule has 0 spiro atoms. The van der Waals surface area contributed by atoms with Gasteiger partial charge in [0.25, 0.3) is 15.9 Å². The van der Waals surface area contributed by atoms with Crippen molar-refractivity contribution in [3.63, 3.8) is 0 Å². The van der Waals surface area contributed by atoms with Crippen LogP contribution in [0.4, 0.5) is 11.4 Å². The predicted molar refractivity (Wildman–Crippen MR) is 97.0 cm³/mol. The van der Waals surface area contributed by atoms with E-state index in [0.29, 0.717) is 5.69 Å². The van der Waals surface area contributed by atoms with Crippen molar-refractivity contribution in [1.82, 2.24) is 0 Å². The van der Waals surface area contributed by atoms with Crippen LogP contribution < -0.4 is 10.0 Å². The first-order valence-electron chi connectivity index (χ1n) is 7.20. The first kappa shape index (κ1) is 18.5. The molecule has 0 bridgehead atoms. The third-order valence-corrected chi connectivity index (χ3v) is 5.86. The van der Waals surface area contributed by atoms with Gasteiger partial charge in [-0.1, -0.05) is 23.2 Å². The van der Waals surface area contributed by atoms with Crippen LogP contribution in [0.5, 0.6) is 0 Å². The fourth-order valence-corrected chi connectivity index (χ4v) is 3.88. The summed E-state index contributed by atoms with van der Waals surface area (Å²) in [5, 5.41) is 2.48. The van der Waals surface area contributed by atoms with E-state index in [9.17, 15) is 18.0 Å². The maximum absolute atomic E-state index is 12.6. The van der Waals surface area contributed by atoms with Crippen molar-refractivity contribution >= 4 is 56.5 Å². The highest BCUT2D eigenvalue weighted by Gasteiger charge is 2.44. The van der Waals surface area contributed by atoms with Crippen molar-refractivity contribution in [3.8, 4) is 0 Å². The Hall–Kier alpha value is -2.29. The van der Waals surface area contributed by atoms with Crippen LogP contribution in [0.15, 0.2) is 47.4 Å². The molecular weight excluding hydrogens is 403 g/mol. The van der Waals surface area contributed by atoms with Gasteiger partial charge in [-0.25, -0.2) is 13.2 Å². The highest BCUT2D eigenvalue weighted by atomic mass is 35.5. The van der Waals surface area contributed by atoms with E-state index in [4.69, 9.17) is 23.2 Å². The molecule has 10 heteroatoms. The SMILES string of the molecule is COC(=O)c1ccc(NS(=O)(=O)c2ccc3c(c2)C(Cl)(Cl)C(=O)N3)cc1. The van der Waals surface area contributed by atoms with Crippen LogP contribution in [0.2, 0.25) is 0 Å². The van der Waals surface area contributed by atoms with Crippen molar-refractivity contribution in [2.45, 2.75) is 9.23 Å². The second kappa shape index (κ2) is 6.46. The molecular formula is C16H12Cl2N2O5S. The van der Waals surface area contributed by atoms with Crippen LogP contribution in [0.25, 0.3) is 0 Å². The summed E-state index contributed by atoms with van der Waals surface area (Å²) < 4.78 is 30.2. The van der Waals surface area contributed by atoms with Crippen molar-refractivity contribution < 1.29 is 22.7 Å². The smallest absolute Gasteiger partial charge is 0.337 e. The second-order valence-electron chi connectivity index (χ2n) is 5.41. The Morgan fingerprint density at radius 2 is 1.81 bits per heavy atom. The van der Waals surface area contributed by atoms with Crippen molar-refractivity contribution in [2.75, 3.05) is 17.1 Å². The topological polar surface area (TPSA) is 102 Å². The molecule has 0 radical (unpaired) electrons. The van der Waals surface area contributed by atoms with Crippen molar-refractivity contribution in [1.29, 1.82) is 0 Å². The highest BCUT2D eigenvalue weighted by Crippen LogP contribution is 2.45. The summed E-state index contributed by atoms with van der Waals surface area (Å²) in [5.74, 6) is -1.17. The minimum Gasteiger partial charge on any atom is -0.465 e. The zero-order valence-corrected chi connectivity index (χ0v) is 15.6. The molecule has 26 heavy (non-hydrogen) atoms. The number of carbonyl (C=O) groups excluding carboxylic acids is 2. The normalized spacial score (nSPS) is 15.1. The minimum atomic E-state index is -3.96. The van der Waals surface area contributed by atoms with Gasteiger partial charge in [-0.2, -0.15) is 0 Å². The lowest BCUT2D eigenvalue weighted by Gasteiger charge is -2.12. The number of halogens is 2. The molecule has 0 aromatic heterocycles. The second-order valence-corrected chi connectivity index (χ2v) is 8.42. The van der Waals surface area contributed by atoms with Gasteiger partial charge in [-0.05, 0) is 42.5 Å². The van der Waals surface area contributed by atoms with Crippen LogP contribution in [-0.4, -0.2) is 27.4 Å². The van der Waals surface area contributed by atoms with Gasteiger partial charge in [0, 0.05) is 16.9 Å². The Kier molecular flexibility index (Phi) is 4.60. The van der Waals surface area contributed by atoms with Crippen LogP contribution in [0.3, 0.4) is 0 Å². The molecule has 136 valence electrons. The van der Waals surface area contributed by atoms with E-state index in [2.05, 4.69) is 14.8 Å². The number of hydrogen-bond donors (Lipinski definition) is 2. The van der Waals surface area contributed by atoms with E-state index >= 15 is 0 Å². The molecule has 0 saturated carbocycles. The van der Waals surface area contributed by atoms with Gasteiger partial charge in [-0.3, -0.25) is 9.52 Å². The first-order valence-corrected chi connectivity index (χ1v) is 9.44. The summed E-state index contributed by atoms with van der Waals surface area (Å²) in [7, 11) is -2.71. The molecule has 0 unspecified atom stereocenters. The van der Waals surface area contributed by atoms with Gasteiger partial charge in [0.05, 0.1) is 17.6 Å². The summed E-state index contributed by atoms with van der Waals surface area (Å²) >= 11 is 12.0. The van der Waals surface area contributed by atoms with E-state index in [1.54, 1.807) is 0 Å². The molecule has 2 aromatic carbocycles. The van der Waals surface area contributed by atoms with Crippen LogP contribution in [0.1, 0.15) is 15.9 Å². The van der Waals surface area contributed by atoms with E-state index in [0.717, 1.165) is 0 Å².